The highest BCUT2D eigenvalue weighted by molar-refractivity contribution is 5.82. The van der Waals surface area contributed by atoms with Crippen LogP contribution in [0.15, 0.2) is 91.0 Å². The summed E-state index contributed by atoms with van der Waals surface area (Å²) >= 11 is 0. The molecule has 5 aromatic rings. The van der Waals surface area contributed by atoms with E-state index >= 15 is 0 Å². The van der Waals surface area contributed by atoms with E-state index in [-0.39, 0.29) is 0 Å². The lowest BCUT2D eigenvalue weighted by Gasteiger charge is -2.13. The fraction of sp³-hybridized carbons (Fsp3) is 0.115. The number of aromatic amines is 1. The molecule has 0 spiro atoms. The van der Waals surface area contributed by atoms with Gasteiger partial charge in [0.05, 0.1) is 6.54 Å². The van der Waals surface area contributed by atoms with Crippen LogP contribution in [0.2, 0.25) is 0 Å². The summed E-state index contributed by atoms with van der Waals surface area (Å²) in [6.07, 6.45) is 4.82. The molecule has 0 saturated carbocycles. The predicted octanol–water partition coefficient (Wildman–Crippen LogP) is 4.96. The third-order valence-corrected chi connectivity index (χ3v) is 5.44. The van der Waals surface area contributed by atoms with Crippen LogP contribution in [0.1, 0.15) is 18.3 Å². The summed E-state index contributed by atoms with van der Waals surface area (Å²) in [6, 6.07) is 26.5. The van der Waals surface area contributed by atoms with Crippen molar-refractivity contribution >= 4 is 0 Å². The summed E-state index contributed by atoms with van der Waals surface area (Å²) < 4.78 is 1.97. The average molecular weight is 434 g/mol. The normalized spacial score (nSPS) is 11.3. The van der Waals surface area contributed by atoms with E-state index in [0.29, 0.717) is 18.8 Å². The zero-order valence-electron chi connectivity index (χ0n) is 18.3. The molecule has 0 saturated heterocycles. The van der Waals surface area contributed by atoms with E-state index in [4.69, 9.17) is 10.1 Å². The SMILES string of the molecule is CC=CCc1nc(-c2ccccc2)nn1Cc1cccc(-c2ccccc2)c1-c1nn[nH]n1. The van der Waals surface area contributed by atoms with Crippen LogP contribution in [0.25, 0.3) is 33.9 Å². The van der Waals surface area contributed by atoms with Gasteiger partial charge in [-0.3, -0.25) is 0 Å². The number of benzene rings is 3. The largest absolute Gasteiger partial charge is 0.245 e. The summed E-state index contributed by atoms with van der Waals surface area (Å²) in [5.41, 5.74) is 5.12. The zero-order valence-corrected chi connectivity index (χ0v) is 18.3. The molecule has 0 aliphatic heterocycles. The molecule has 3 aromatic carbocycles. The smallest absolute Gasteiger partial charge is 0.205 e. The van der Waals surface area contributed by atoms with Gasteiger partial charge in [-0.2, -0.15) is 10.3 Å². The van der Waals surface area contributed by atoms with Crippen LogP contribution in [0.3, 0.4) is 0 Å². The Kier molecular flexibility index (Phi) is 5.84. The predicted molar refractivity (Wildman–Crippen MR) is 128 cm³/mol. The van der Waals surface area contributed by atoms with Gasteiger partial charge in [-0.05, 0) is 28.8 Å². The second-order valence-electron chi connectivity index (χ2n) is 7.59. The number of hydrogen-bond acceptors (Lipinski definition) is 5. The van der Waals surface area contributed by atoms with Crippen molar-refractivity contribution in [3.8, 4) is 33.9 Å². The molecule has 0 bridgehead atoms. The Morgan fingerprint density at radius 1 is 0.848 bits per heavy atom. The first-order valence-electron chi connectivity index (χ1n) is 10.8. The number of nitrogens with one attached hydrogen (secondary N) is 1. The Balaban J connectivity index is 1.62. The Hall–Kier alpha value is -4.39. The van der Waals surface area contributed by atoms with Crippen LogP contribution in [-0.2, 0) is 13.0 Å². The van der Waals surface area contributed by atoms with Gasteiger partial charge in [0.1, 0.15) is 5.82 Å². The number of nitrogens with zero attached hydrogens (tertiary/aromatic N) is 6. The lowest BCUT2D eigenvalue weighted by atomic mass is 9.95. The van der Waals surface area contributed by atoms with E-state index in [1.165, 1.54) is 0 Å². The summed E-state index contributed by atoms with van der Waals surface area (Å²) in [6.45, 7) is 2.55. The van der Waals surface area contributed by atoms with Gasteiger partial charge in [0, 0.05) is 17.5 Å². The minimum Gasteiger partial charge on any atom is -0.245 e. The van der Waals surface area contributed by atoms with E-state index in [1.807, 2.05) is 66.2 Å². The molecule has 0 amide bonds. The molecule has 2 heterocycles. The zero-order chi connectivity index (χ0) is 22.5. The van der Waals surface area contributed by atoms with Crippen LogP contribution in [-0.4, -0.2) is 35.4 Å². The number of rotatable bonds is 7. The molecule has 7 heteroatoms. The summed E-state index contributed by atoms with van der Waals surface area (Å²) in [5, 5.41) is 19.8. The molecule has 1 N–H and O–H groups in total. The average Bonchev–Trinajstić information content (AvgIpc) is 3.54. The van der Waals surface area contributed by atoms with Gasteiger partial charge in [0.2, 0.25) is 5.82 Å². The molecule has 0 unspecified atom stereocenters. The minimum atomic E-state index is 0.539. The fourth-order valence-corrected chi connectivity index (χ4v) is 3.87. The monoisotopic (exact) mass is 433 g/mol. The molecular weight excluding hydrogens is 410 g/mol. The third-order valence-electron chi connectivity index (χ3n) is 5.44. The van der Waals surface area contributed by atoms with Gasteiger partial charge >= 0.3 is 0 Å². The van der Waals surface area contributed by atoms with E-state index in [2.05, 4.69) is 57.0 Å². The van der Waals surface area contributed by atoms with Gasteiger partial charge in [-0.15, -0.1) is 10.2 Å². The molecular formula is C26H23N7. The molecule has 2 aromatic heterocycles. The highest BCUT2D eigenvalue weighted by Crippen LogP contribution is 2.33. The summed E-state index contributed by atoms with van der Waals surface area (Å²) in [5.74, 6) is 2.18. The lowest BCUT2D eigenvalue weighted by Crippen LogP contribution is -2.08. The minimum absolute atomic E-state index is 0.539. The molecule has 33 heavy (non-hydrogen) atoms. The molecule has 0 atom stereocenters. The van der Waals surface area contributed by atoms with Crippen molar-refractivity contribution < 1.29 is 0 Å². The highest BCUT2D eigenvalue weighted by atomic mass is 15.5. The van der Waals surface area contributed by atoms with Crippen molar-refractivity contribution in [2.45, 2.75) is 19.9 Å². The van der Waals surface area contributed by atoms with Crippen LogP contribution in [0.4, 0.5) is 0 Å². The molecule has 0 fully saturated rings. The number of hydrogen-bond donors (Lipinski definition) is 1. The maximum absolute atomic E-state index is 4.86. The summed E-state index contributed by atoms with van der Waals surface area (Å²) in [7, 11) is 0. The maximum atomic E-state index is 4.86. The highest BCUT2D eigenvalue weighted by Gasteiger charge is 2.18. The van der Waals surface area contributed by atoms with E-state index in [1.54, 1.807) is 0 Å². The number of allylic oxidation sites excluding steroid dienone is 2. The second-order valence-corrected chi connectivity index (χ2v) is 7.59. The van der Waals surface area contributed by atoms with Crippen LogP contribution in [0.5, 0.6) is 0 Å². The topological polar surface area (TPSA) is 85.2 Å². The number of tetrazole rings is 1. The van der Waals surface area contributed by atoms with Gasteiger partial charge in [0.25, 0.3) is 0 Å². The summed E-state index contributed by atoms with van der Waals surface area (Å²) in [4.78, 5) is 4.84. The Labute approximate surface area is 191 Å². The quantitative estimate of drug-likeness (QED) is 0.367. The fourth-order valence-electron chi connectivity index (χ4n) is 3.87. The Morgan fingerprint density at radius 2 is 1.61 bits per heavy atom. The van der Waals surface area contributed by atoms with Gasteiger partial charge in [-0.1, -0.05) is 91.0 Å². The van der Waals surface area contributed by atoms with Crippen LogP contribution >= 0.6 is 0 Å². The van der Waals surface area contributed by atoms with Crippen molar-refractivity contribution in [2.75, 3.05) is 0 Å². The lowest BCUT2D eigenvalue weighted by molar-refractivity contribution is 0.652. The van der Waals surface area contributed by atoms with E-state index in [0.717, 1.165) is 39.5 Å². The standard InChI is InChI=1S/C26H23N7/c1-2-3-17-23-27-25(20-13-8-5-9-14-20)30-33(23)18-21-15-10-16-22(19-11-6-4-7-12-19)24(21)26-28-31-32-29-26/h2-16H,17-18H2,1H3,(H,28,29,31,32). The van der Waals surface area contributed by atoms with Crippen molar-refractivity contribution in [3.63, 3.8) is 0 Å². The first-order valence-corrected chi connectivity index (χ1v) is 10.8. The van der Waals surface area contributed by atoms with Crippen LogP contribution < -0.4 is 0 Å². The van der Waals surface area contributed by atoms with Gasteiger partial charge < -0.3 is 0 Å². The molecule has 0 radical (unpaired) electrons. The number of H-pyrrole nitrogens is 1. The number of aromatic nitrogens is 7. The molecule has 5 rings (SSSR count). The van der Waals surface area contributed by atoms with E-state index < -0.39 is 0 Å². The third kappa shape index (κ3) is 4.34. The van der Waals surface area contributed by atoms with E-state index in [9.17, 15) is 0 Å². The molecule has 0 aliphatic rings. The molecule has 7 nitrogen and oxygen atoms in total. The molecule has 0 aliphatic carbocycles. The van der Waals surface area contributed by atoms with Crippen molar-refractivity contribution in [1.82, 2.24) is 35.4 Å². The molecule has 162 valence electrons. The first kappa shape index (κ1) is 20.5. The van der Waals surface area contributed by atoms with Crippen molar-refractivity contribution in [2.24, 2.45) is 0 Å². The van der Waals surface area contributed by atoms with Gasteiger partial charge in [0.15, 0.2) is 5.82 Å². The van der Waals surface area contributed by atoms with Crippen LogP contribution in [0, 0.1) is 0 Å². The first-order chi connectivity index (χ1) is 16.3. The van der Waals surface area contributed by atoms with Gasteiger partial charge in [-0.25, -0.2) is 9.67 Å². The maximum Gasteiger partial charge on any atom is 0.205 e. The Bertz CT molecular complexity index is 1350. The Morgan fingerprint density at radius 3 is 2.30 bits per heavy atom. The van der Waals surface area contributed by atoms with Crippen molar-refractivity contribution in [3.05, 3.63) is 102 Å². The van der Waals surface area contributed by atoms with Crippen molar-refractivity contribution in [1.29, 1.82) is 0 Å². The second kappa shape index (κ2) is 9.40.